The molecule has 0 fully saturated rings. The minimum atomic E-state index is -0.298. The summed E-state index contributed by atoms with van der Waals surface area (Å²) in [5, 5.41) is 2.99. The van der Waals surface area contributed by atoms with Gasteiger partial charge in [0, 0.05) is 18.2 Å². The second-order valence-electron chi connectivity index (χ2n) is 4.43. The quantitative estimate of drug-likeness (QED) is 0.878. The summed E-state index contributed by atoms with van der Waals surface area (Å²) in [4.78, 5) is 0. The van der Waals surface area contributed by atoms with Gasteiger partial charge in [-0.15, -0.1) is 0 Å². The number of methoxy groups -OCH3 is 1. The van der Waals surface area contributed by atoms with Crippen LogP contribution >= 0.6 is 0 Å². The van der Waals surface area contributed by atoms with Crippen LogP contribution in [0.25, 0.3) is 0 Å². The molecule has 0 spiro atoms. The van der Waals surface area contributed by atoms with Crippen molar-refractivity contribution in [3.8, 4) is 11.5 Å². The topological polar surface area (TPSA) is 30.5 Å². The van der Waals surface area contributed by atoms with E-state index in [1.165, 1.54) is 12.1 Å². The molecule has 0 atom stereocenters. The van der Waals surface area contributed by atoms with Gasteiger partial charge in [-0.05, 0) is 30.8 Å². The fourth-order valence-corrected chi connectivity index (χ4v) is 1.99. The zero-order chi connectivity index (χ0) is 14.4. The Morgan fingerprint density at radius 2 is 1.95 bits per heavy atom. The Balaban J connectivity index is 2.10. The van der Waals surface area contributed by atoms with Crippen molar-refractivity contribution in [2.45, 2.75) is 13.2 Å². The van der Waals surface area contributed by atoms with Crippen molar-refractivity contribution >= 4 is 0 Å². The summed E-state index contributed by atoms with van der Waals surface area (Å²) in [6.07, 6.45) is 0. The lowest BCUT2D eigenvalue weighted by Gasteiger charge is -2.11. The van der Waals surface area contributed by atoms with Crippen molar-refractivity contribution in [1.82, 2.24) is 5.32 Å². The molecule has 2 rings (SSSR count). The van der Waals surface area contributed by atoms with E-state index >= 15 is 0 Å². The van der Waals surface area contributed by atoms with E-state index in [1.807, 2.05) is 37.4 Å². The molecule has 0 saturated carbocycles. The number of rotatable bonds is 6. The molecule has 0 amide bonds. The lowest BCUT2D eigenvalue weighted by atomic mass is 10.2. The lowest BCUT2D eigenvalue weighted by molar-refractivity contribution is 0.295. The van der Waals surface area contributed by atoms with Crippen molar-refractivity contribution in [3.05, 3.63) is 59.4 Å². The summed E-state index contributed by atoms with van der Waals surface area (Å²) in [5.74, 6) is 0.980. The predicted octanol–water partition coefficient (Wildman–Crippen LogP) is 3.13. The van der Waals surface area contributed by atoms with Crippen LogP contribution in [0.5, 0.6) is 11.5 Å². The zero-order valence-electron chi connectivity index (χ0n) is 11.7. The van der Waals surface area contributed by atoms with E-state index in [2.05, 4.69) is 5.32 Å². The van der Waals surface area contributed by atoms with Gasteiger partial charge in [-0.1, -0.05) is 18.2 Å². The van der Waals surface area contributed by atoms with Crippen LogP contribution in [-0.2, 0) is 13.2 Å². The van der Waals surface area contributed by atoms with Gasteiger partial charge >= 0.3 is 0 Å². The Morgan fingerprint density at radius 3 is 2.70 bits per heavy atom. The van der Waals surface area contributed by atoms with E-state index in [4.69, 9.17) is 9.47 Å². The predicted molar refractivity (Wildman–Crippen MR) is 76.5 cm³/mol. The average molecular weight is 275 g/mol. The van der Waals surface area contributed by atoms with Gasteiger partial charge in [0.1, 0.15) is 23.9 Å². The van der Waals surface area contributed by atoms with Gasteiger partial charge in [-0.2, -0.15) is 0 Å². The number of halogens is 1. The van der Waals surface area contributed by atoms with Crippen LogP contribution in [0.2, 0.25) is 0 Å². The SMILES string of the molecule is CNCc1cc(F)cc(OCc2ccccc2OC)c1. The molecule has 0 aliphatic carbocycles. The Kier molecular flexibility index (Phi) is 4.96. The minimum absolute atomic E-state index is 0.298. The normalized spacial score (nSPS) is 10.3. The van der Waals surface area contributed by atoms with Crippen molar-refractivity contribution in [2.75, 3.05) is 14.2 Å². The molecule has 0 aliphatic rings. The summed E-state index contributed by atoms with van der Waals surface area (Å²) < 4.78 is 24.4. The molecule has 0 unspecified atom stereocenters. The van der Waals surface area contributed by atoms with Crippen molar-refractivity contribution in [2.24, 2.45) is 0 Å². The monoisotopic (exact) mass is 275 g/mol. The molecule has 0 aromatic heterocycles. The van der Waals surface area contributed by atoms with Gasteiger partial charge in [0.15, 0.2) is 0 Å². The molecular weight excluding hydrogens is 257 g/mol. The molecule has 4 heteroatoms. The molecule has 0 bridgehead atoms. The Morgan fingerprint density at radius 1 is 1.15 bits per heavy atom. The Bertz CT molecular complexity index is 572. The number of hydrogen-bond donors (Lipinski definition) is 1. The maximum atomic E-state index is 13.5. The molecule has 0 aliphatic heterocycles. The van der Waals surface area contributed by atoms with Gasteiger partial charge in [-0.3, -0.25) is 0 Å². The molecule has 106 valence electrons. The molecule has 3 nitrogen and oxygen atoms in total. The maximum Gasteiger partial charge on any atom is 0.127 e. The van der Waals surface area contributed by atoms with E-state index in [9.17, 15) is 4.39 Å². The number of hydrogen-bond acceptors (Lipinski definition) is 3. The molecule has 0 saturated heterocycles. The summed E-state index contributed by atoms with van der Waals surface area (Å²) >= 11 is 0. The van der Waals surface area contributed by atoms with E-state index in [1.54, 1.807) is 7.11 Å². The van der Waals surface area contributed by atoms with Crippen LogP contribution < -0.4 is 14.8 Å². The van der Waals surface area contributed by atoms with Crippen LogP contribution in [0.3, 0.4) is 0 Å². The number of benzene rings is 2. The number of ether oxygens (including phenoxy) is 2. The highest BCUT2D eigenvalue weighted by Crippen LogP contribution is 2.22. The Hall–Kier alpha value is -2.07. The second kappa shape index (κ2) is 6.91. The van der Waals surface area contributed by atoms with Crippen LogP contribution in [0.4, 0.5) is 4.39 Å². The van der Waals surface area contributed by atoms with Crippen LogP contribution in [-0.4, -0.2) is 14.2 Å². The van der Waals surface area contributed by atoms with E-state index in [-0.39, 0.29) is 5.82 Å². The van der Waals surface area contributed by atoms with Crippen molar-refractivity contribution in [1.29, 1.82) is 0 Å². The zero-order valence-corrected chi connectivity index (χ0v) is 11.7. The second-order valence-corrected chi connectivity index (χ2v) is 4.43. The highest BCUT2D eigenvalue weighted by Gasteiger charge is 2.05. The third-order valence-electron chi connectivity index (χ3n) is 2.90. The van der Waals surface area contributed by atoms with E-state index < -0.39 is 0 Å². The molecule has 20 heavy (non-hydrogen) atoms. The molecule has 0 radical (unpaired) electrons. The minimum Gasteiger partial charge on any atom is -0.496 e. The standard InChI is InChI=1S/C16H18FNO2/c1-18-10-12-7-14(17)9-15(8-12)20-11-13-5-3-4-6-16(13)19-2/h3-9,18H,10-11H2,1-2H3. The first kappa shape index (κ1) is 14.3. The highest BCUT2D eigenvalue weighted by atomic mass is 19.1. The summed E-state index contributed by atoms with van der Waals surface area (Å²) in [7, 11) is 3.44. The first-order chi connectivity index (χ1) is 9.72. The van der Waals surface area contributed by atoms with Gasteiger partial charge in [0.05, 0.1) is 7.11 Å². The molecule has 2 aromatic rings. The van der Waals surface area contributed by atoms with Gasteiger partial charge < -0.3 is 14.8 Å². The molecule has 2 aromatic carbocycles. The fourth-order valence-electron chi connectivity index (χ4n) is 1.99. The third kappa shape index (κ3) is 3.71. The average Bonchev–Trinajstić information content (AvgIpc) is 2.45. The summed E-state index contributed by atoms with van der Waals surface area (Å²) in [6, 6.07) is 12.3. The first-order valence-corrected chi connectivity index (χ1v) is 6.41. The highest BCUT2D eigenvalue weighted by molar-refractivity contribution is 5.34. The summed E-state index contributed by atoms with van der Waals surface area (Å²) in [5.41, 5.74) is 1.77. The van der Waals surface area contributed by atoms with Crippen LogP contribution in [0.15, 0.2) is 42.5 Å². The lowest BCUT2D eigenvalue weighted by Crippen LogP contribution is -2.06. The van der Waals surface area contributed by atoms with Gasteiger partial charge in [0.25, 0.3) is 0 Å². The summed E-state index contributed by atoms with van der Waals surface area (Å²) in [6.45, 7) is 0.940. The largest absolute Gasteiger partial charge is 0.496 e. The van der Waals surface area contributed by atoms with Crippen LogP contribution in [0.1, 0.15) is 11.1 Å². The van der Waals surface area contributed by atoms with Gasteiger partial charge in [0.2, 0.25) is 0 Å². The van der Waals surface area contributed by atoms with Gasteiger partial charge in [-0.25, -0.2) is 4.39 Å². The number of nitrogens with one attached hydrogen (secondary N) is 1. The molecule has 1 N–H and O–H groups in total. The molecule has 0 heterocycles. The smallest absolute Gasteiger partial charge is 0.127 e. The van der Waals surface area contributed by atoms with E-state index in [0.29, 0.717) is 18.9 Å². The maximum absolute atomic E-state index is 13.5. The third-order valence-corrected chi connectivity index (χ3v) is 2.90. The van der Waals surface area contributed by atoms with Crippen molar-refractivity contribution < 1.29 is 13.9 Å². The fraction of sp³-hybridized carbons (Fsp3) is 0.250. The first-order valence-electron chi connectivity index (χ1n) is 6.41. The Labute approximate surface area is 118 Å². The number of para-hydroxylation sites is 1. The van der Waals surface area contributed by atoms with E-state index in [0.717, 1.165) is 16.9 Å². The van der Waals surface area contributed by atoms with Crippen molar-refractivity contribution in [3.63, 3.8) is 0 Å². The van der Waals surface area contributed by atoms with Crippen LogP contribution in [0, 0.1) is 5.82 Å². The molecular formula is C16H18FNO2.